The molecule has 0 saturated heterocycles. The lowest BCUT2D eigenvalue weighted by Gasteiger charge is -2.06. The summed E-state index contributed by atoms with van der Waals surface area (Å²) in [5.41, 5.74) is 2.21. The second-order valence-corrected chi connectivity index (χ2v) is 6.75. The molecule has 1 aliphatic rings. The Morgan fingerprint density at radius 3 is 2.74 bits per heavy atom. The lowest BCUT2D eigenvalue weighted by molar-refractivity contribution is -0.117. The lowest BCUT2D eigenvalue weighted by atomic mass is 10.2. The monoisotopic (exact) mass is 330 g/mol. The van der Waals surface area contributed by atoms with Gasteiger partial charge in [-0.3, -0.25) is 9.59 Å². The highest BCUT2D eigenvalue weighted by molar-refractivity contribution is 7.18. The number of benzene rings is 1. The van der Waals surface area contributed by atoms with Gasteiger partial charge in [-0.25, -0.2) is 0 Å². The molecule has 1 fully saturated rings. The summed E-state index contributed by atoms with van der Waals surface area (Å²) in [6.07, 6.45) is 1.90. The molecule has 0 spiro atoms. The highest BCUT2D eigenvalue weighted by Crippen LogP contribution is 2.33. The van der Waals surface area contributed by atoms with Crippen LogP contribution in [0.1, 0.15) is 33.6 Å². The number of amides is 2. The van der Waals surface area contributed by atoms with Crippen molar-refractivity contribution in [3.63, 3.8) is 0 Å². The number of anilines is 2. The molecule has 1 aromatic carbocycles. The Morgan fingerprint density at radius 1 is 1.26 bits per heavy atom. The standard InChI is InChI=1S/C17H18N2O3S/c1-10-7-14(19-16(21)12-5-6-12)23-15(10)17(22)18-13-4-2-3-11(8-13)9-20/h2-4,7-8,12,20H,5-6,9H2,1H3,(H,18,22)(H,19,21). The molecule has 120 valence electrons. The van der Waals surface area contributed by atoms with Gasteiger partial charge in [-0.05, 0) is 49.1 Å². The minimum Gasteiger partial charge on any atom is -0.392 e. The molecule has 5 nitrogen and oxygen atoms in total. The topological polar surface area (TPSA) is 78.4 Å². The van der Waals surface area contributed by atoms with E-state index in [1.54, 1.807) is 24.3 Å². The van der Waals surface area contributed by atoms with E-state index in [-0.39, 0.29) is 24.3 Å². The van der Waals surface area contributed by atoms with E-state index < -0.39 is 0 Å². The Morgan fingerprint density at radius 2 is 2.04 bits per heavy atom. The molecule has 2 aromatic rings. The molecule has 3 rings (SSSR count). The fourth-order valence-corrected chi connectivity index (χ4v) is 3.24. The van der Waals surface area contributed by atoms with Crippen LogP contribution in [0.3, 0.4) is 0 Å². The molecule has 0 atom stereocenters. The van der Waals surface area contributed by atoms with Crippen LogP contribution in [-0.2, 0) is 11.4 Å². The van der Waals surface area contributed by atoms with Gasteiger partial charge in [0.05, 0.1) is 16.5 Å². The number of aliphatic hydroxyl groups is 1. The largest absolute Gasteiger partial charge is 0.392 e. The first-order valence-electron chi connectivity index (χ1n) is 7.49. The Hall–Kier alpha value is -2.18. The number of hydrogen-bond acceptors (Lipinski definition) is 4. The SMILES string of the molecule is Cc1cc(NC(=O)C2CC2)sc1C(=O)Nc1cccc(CO)c1. The summed E-state index contributed by atoms with van der Waals surface area (Å²) >= 11 is 1.28. The molecule has 1 heterocycles. The Bertz CT molecular complexity index is 750. The van der Waals surface area contributed by atoms with Crippen molar-refractivity contribution in [3.8, 4) is 0 Å². The van der Waals surface area contributed by atoms with Gasteiger partial charge in [0.1, 0.15) is 0 Å². The number of rotatable bonds is 5. The summed E-state index contributed by atoms with van der Waals surface area (Å²) in [5, 5.41) is 15.5. The predicted molar refractivity (Wildman–Crippen MR) is 90.7 cm³/mol. The number of nitrogens with one attached hydrogen (secondary N) is 2. The number of hydrogen-bond donors (Lipinski definition) is 3. The maximum Gasteiger partial charge on any atom is 0.266 e. The highest BCUT2D eigenvalue weighted by Gasteiger charge is 2.30. The second-order valence-electron chi connectivity index (χ2n) is 5.70. The maximum atomic E-state index is 12.4. The highest BCUT2D eigenvalue weighted by atomic mass is 32.1. The molecule has 3 N–H and O–H groups in total. The fraction of sp³-hybridized carbons (Fsp3) is 0.294. The summed E-state index contributed by atoms with van der Waals surface area (Å²) in [6, 6.07) is 8.90. The van der Waals surface area contributed by atoms with Crippen LogP contribution in [0.2, 0.25) is 0 Å². The van der Waals surface area contributed by atoms with E-state index in [0.717, 1.165) is 24.0 Å². The fourth-order valence-electron chi connectivity index (χ4n) is 2.27. The minimum atomic E-state index is -0.213. The molecule has 0 unspecified atom stereocenters. The summed E-state index contributed by atoms with van der Waals surface area (Å²) in [5.74, 6) is -0.0423. The van der Waals surface area contributed by atoms with Gasteiger partial charge in [0.15, 0.2) is 0 Å². The van der Waals surface area contributed by atoms with Crippen molar-refractivity contribution in [2.75, 3.05) is 10.6 Å². The average molecular weight is 330 g/mol. The van der Waals surface area contributed by atoms with Gasteiger partial charge in [0, 0.05) is 11.6 Å². The third-order valence-corrected chi connectivity index (χ3v) is 4.84. The summed E-state index contributed by atoms with van der Waals surface area (Å²) in [6.45, 7) is 1.78. The van der Waals surface area contributed by atoms with Crippen LogP contribution in [0, 0.1) is 12.8 Å². The summed E-state index contributed by atoms with van der Waals surface area (Å²) in [7, 11) is 0. The van der Waals surface area contributed by atoms with Crippen LogP contribution >= 0.6 is 11.3 Å². The van der Waals surface area contributed by atoms with Crippen molar-refractivity contribution >= 4 is 33.8 Å². The minimum absolute atomic E-state index is 0.0360. The quantitative estimate of drug-likeness (QED) is 0.788. The first-order valence-corrected chi connectivity index (χ1v) is 8.31. The first kappa shape index (κ1) is 15.7. The van der Waals surface area contributed by atoms with Crippen LogP contribution in [0.25, 0.3) is 0 Å². The summed E-state index contributed by atoms with van der Waals surface area (Å²) < 4.78 is 0. The van der Waals surface area contributed by atoms with E-state index >= 15 is 0 Å². The van der Waals surface area contributed by atoms with Gasteiger partial charge in [-0.2, -0.15) is 0 Å². The molecule has 0 radical (unpaired) electrons. The van der Waals surface area contributed by atoms with Gasteiger partial charge >= 0.3 is 0 Å². The van der Waals surface area contributed by atoms with Crippen LogP contribution in [0.15, 0.2) is 30.3 Å². The predicted octanol–water partition coefficient (Wildman–Crippen LogP) is 3.15. The van der Waals surface area contributed by atoms with E-state index in [2.05, 4.69) is 10.6 Å². The normalized spacial score (nSPS) is 13.7. The molecular weight excluding hydrogens is 312 g/mol. The first-order chi connectivity index (χ1) is 11.1. The van der Waals surface area contributed by atoms with Crippen LogP contribution in [-0.4, -0.2) is 16.9 Å². The van der Waals surface area contributed by atoms with Crippen LogP contribution < -0.4 is 10.6 Å². The van der Waals surface area contributed by atoms with Gasteiger partial charge in [-0.15, -0.1) is 11.3 Å². The molecule has 0 aliphatic heterocycles. The van der Waals surface area contributed by atoms with Crippen molar-refractivity contribution in [3.05, 3.63) is 46.3 Å². The van der Waals surface area contributed by atoms with Crippen molar-refractivity contribution in [1.82, 2.24) is 0 Å². The smallest absolute Gasteiger partial charge is 0.266 e. The number of aliphatic hydroxyl groups excluding tert-OH is 1. The molecule has 23 heavy (non-hydrogen) atoms. The Kier molecular flexibility index (Phi) is 4.45. The van der Waals surface area contributed by atoms with Crippen molar-refractivity contribution in [2.45, 2.75) is 26.4 Å². The number of thiophene rings is 1. The molecular formula is C17H18N2O3S. The second kappa shape index (κ2) is 6.52. The lowest BCUT2D eigenvalue weighted by Crippen LogP contribution is -2.12. The molecule has 1 saturated carbocycles. The third kappa shape index (κ3) is 3.78. The van der Waals surface area contributed by atoms with Gasteiger partial charge in [-0.1, -0.05) is 12.1 Å². The summed E-state index contributed by atoms with van der Waals surface area (Å²) in [4.78, 5) is 24.8. The van der Waals surface area contributed by atoms with Crippen molar-refractivity contribution in [2.24, 2.45) is 5.92 Å². The van der Waals surface area contributed by atoms with E-state index in [1.807, 2.05) is 13.0 Å². The Labute approximate surface area is 138 Å². The van der Waals surface area contributed by atoms with E-state index in [4.69, 9.17) is 5.11 Å². The van der Waals surface area contributed by atoms with Gasteiger partial charge in [0.2, 0.25) is 5.91 Å². The molecule has 6 heteroatoms. The van der Waals surface area contributed by atoms with E-state index in [0.29, 0.717) is 15.6 Å². The number of aryl methyl sites for hydroxylation is 1. The van der Waals surface area contributed by atoms with Crippen molar-refractivity contribution < 1.29 is 14.7 Å². The maximum absolute atomic E-state index is 12.4. The number of carbonyl (C=O) groups is 2. The molecule has 2 amide bonds. The zero-order chi connectivity index (χ0) is 16.4. The molecule has 0 bridgehead atoms. The molecule has 1 aliphatic carbocycles. The van der Waals surface area contributed by atoms with E-state index in [1.165, 1.54) is 11.3 Å². The Balaban J connectivity index is 1.71. The molecule has 1 aromatic heterocycles. The van der Waals surface area contributed by atoms with Gasteiger partial charge < -0.3 is 15.7 Å². The average Bonchev–Trinajstić information content (AvgIpc) is 3.32. The number of carbonyl (C=O) groups excluding carboxylic acids is 2. The van der Waals surface area contributed by atoms with Crippen molar-refractivity contribution in [1.29, 1.82) is 0 Å². The van der Waals surface area contributed by atoms with Crippen LogP contribution in [0.5, 0.6) is 0 Å². The van der Waals surface area contributed by atoms with E-state index in [9.17, 15) is 9.59 Å². The van der Waals surface area contributed by atoms with Crippen LogP contribution in [0.4, 0.5) is 10.7 Å². The van der Waals surface area contributed by atoms with Gasteiger partial charge in [0.25, 0.3) is 5.91 Å². The zero-order valence-corrected chi connectivity index (χ0v) is 13.6. The third-order valence-electron chi connectivity index (χ3n) is 3.69. The zero-order valence-electron chi connectivity index (χ0n) is 12.8.